The third-order valence-electron chi connectivity index (χ3n) is 1.68. The molecule has 0 saturated heterocycles. The number of nitrogens with zero attached hydrogens (tertiary/aromatic N) is 1. The van der Waals surface area contributed by atoms with E-state index in [0.717, 1.165) is 18.2 Å². The van der Waals surface area contributed by atoms with Crippen LogP contribution in [0, 0.1) is 5.92 Å². The van der Waals surface area contributed by atoms with Gasteiger partial charge in [0.1, 0.15) is 6.04 Å². The van der Waals surface area contributed by atoms with Gasteiger partial charge in [0.25, 0.3) is 5.23 Å². The minimum absolute atomic E-state index is 0.122. The molecule has 0 aromatic heterocycles. The Bertz CT molecular complexity index is 226. The van der Waals surface area contributed by atoms with E-state index in [1.807, 2.05) is 6.92 Å². The van der Waals surface area contributed by atoms with E-state index < -0.39 is 0 Å². The zero-order chi connectivity index (χ0) is 9.84. The van der Waals surface area contributed by atoms with Crippen molar-refractivity contribution in [3.63, 3.8) is 0 Å². The highest BCUT2D eigenvalue weighted by Gasteiger charge is 2.29. The minimum Gasteiger partial charge on any atom is -0.473 e. The number of aliphatic imine (C=N–C) groups is 1. The summed E-state index contributed by atoms with van der Waals surface area (Å²) in [7, 11) is 0. The normalized spacial score (nSPS) is 22.3. The fraction of sp³-hybridized carbons (Fsp3) is 0.778. The highest BCUT2D eigenvalue weighted by molar-refractivity contribution is 8.26. The van der Waals surface area contributed by atoms with E-state index in [-0.39, 0.29) is 11.2 Å². The topological polar surface area (TPSA) is 38.7 Å². The molecule has 0 aromatic carbocycles. The molecule has 74 valence electrons. The lowest BCUT2D eigenvalue weighted by atomic mass is 10.1. The maximum absolute atomic E-state index is 11.4. The minimum atomic E-state index is -0.174. The second kappa shape index (κ2) is 4.65. The molecule has 1 rings (SSSR count). The molecule has 0 amide bonds. The lowest BCUT2D eigenvalue weighted by Gasteiger charge is -2.05. The van der Waals surface area contributed by atoms with Crippen LogP contribution in [-0.4, -0.2) is 23.0 Å². The van der Waals surface area contributed by atoms with E-state index in [4.69, 9.17) is 4.74 Å². The Labute approximate surface area is 82.9 Å². The summed E-state index contributed by atoms with van der Waals surface area (Å²) in [6.07, 6.45) is 0.822. The molecule has 1 aliphatic heterocycles. The molecule has 1 unspecified atom stereocenters. The number of rotatable bonds is 3. The fourth-order valence-corrected chi connectivity index (χ4v) is 1.96. The molecule has 0 fully saturated rings. The Kier molecular flexibility index (Phi) is 3.78. The van der Waals surface area contributed by atoms with Crippen LogP contribution in [0.1, 0.15) is 27.2 Å². The molecule has 13 heavy (non-hydrogen) atoms. The van der Waals surface area contributed by atoms with Gasteiger partial charge < -0.3 is 4.74 Å². The van der Waals surface area contributed by atoms with Crippen LogP contribution in [0.5, 0.6) is 0 Å². The van der Waals surface area contributed by atoms with Crippen molar-refractivity contribution in [3.8, 4) is 0 Å². The predicted octanol–water partition coefficient (Wildman–Crippen LogP) is 2.07. The molecule has 1 atom stereocenters. The summed E-state index contributed by atoms with van der Waals surface area (Å²) in [6.45, 7) is 6.65. The molecule has 0 aliphatic carbocycles. The molecule has 1 heterocycles. The Hall–Kier alpha value is -0.510. The maximum Gasteiger partial charge on any atom is 0.254 e. The Balaban J connectivity index is 2.51. The number of carbonyl (C=O) groups excluding carboxylic acids is 1. The van der Waals surface area contributed by atoms with Crippen molar-refractivity contribution < 1.29 is 9.53 Å². The summed E-state index contributed by atoms with van der Waals surface area (Å²) in [4.78, 5) is 15.6. The van der Waals surface area contributed by atoms with E-state index in [2.05, 4.69) is 18.8 Å². The number of thioether (sulfide) groups is 1. The van der Waals surface area contributed by atoms with Crippen molar-refractivity contribution in [2.24, 2.45) is 10.9 Å². The summed E-state index contributed by atoms with van der Waals surface area (Å²) in [5, 5.41) is 0.662. The molecule has 0 saturated carbocycles. The first-order valence-corrected chi connectivity index (χ1v) is 5.37. The molecule has 0 bridgehead atoms. The van der Waals surface area contributed by atoms with E-state index in [1.54, 1.807) is 0 Å². The highest BCUT2D eigenvalue weighted by Crippen LogP contribution is 2.25. The standard InChI is InChI=1S/C9H15NO2S/c1-4-12-9-10-7(5-6(2)3)8(11)13-9/h6-7H,4-5H2,1-3H3. The molecule has 4 heteroatoms. The van der Waals surface area contributed by atoms with Crippen LogP contribution in [0.2, 0.25) is 0 Å². The number of hydrogen-bond acceptors (Lipinski definition) is 4. The molecule has 0 spiro atoms. The molecular formula is C9H15NO2S. The monoisotopic (exact) mass is 201 g/mol. The summed E-state index contributed by atoms with van der Waals surface area (Å²) in [6, 6.07) is -0.174. The first-order valence-electron chi connectivity index (χ1n) is 4.55. The van der Waals surface area contributed by atoms with E-state index >= 15 is 0 Å². The van der Waals surface area contributed by atoms with Crippen LogP contribution in [0.25, 0.3) is 0 Å². The number of ether oxygens (including phenoxy) is 1. The van der Waals surface area contributed by atoms with Gasteiger partial charge in [-0.25, -0.2) is 4.99 Å². The maximum atomic E-state index is 11.4. The van der Waals surface area contributed by atoms with Crippen LogP contribution in [0.4, 0.5) is 0 Å². The second-order valence-corrected chi connectivity index (χ2v) is 4.35. The largest absolute Gasteiger partial charge is 0.473 e. The Morgan fingerprint density at radius 1 is 1.62 bits per heavy atom. The first kappa shape index (κ1) is 10.6. The Morgan fingerprint density at radius 3 is 2.85 bits per heavy atom. The molecule has 0 radical (unpaired) electrons. The number of hydrogen-bond donors (Lipinski definition) is 0. The van der Waals surface area contributed by atoms with Gasteiger partial charge in [0.15, 0.2) is 0 Å². The van der Waals surface area contributed by atoms with Gasteiger partial charge in [-0.2, -0.15) is 0 Å². The van der Waals surface area contributed by atoms with E-state index in [9.17, 15) is 4.79 Å². The van der Waals surface area contributed by atoms with Gasteiger partial charge in [-0.3, -0.25) is 4.79 Å². The van der Waals surface area contributed by atoms with Crippen LogP contribution in [0.3, 0.4) is 0 Å². The van der Waals surface area contributed by atoms with Crippen LogP contribution < -0.4 is 0 Å². The third-order valence-corrected chi connectivity index (χ3v) is 2.55. The lowest BCUT2D eigenvalue weighted by molar-refractivity contribution is -0.112. The molecule has 0 aromatic rings. The van der Waals surface area contributed by atoms with Gasteiger partial charge in [-0.05, 0) is 19.3 Å². The van der Waals surface area contributed by atoms with Crippen molar-refractivity contribution in [2.75, 3.05) is 6.61 Å². The molecule has 0 N–H and O–H groups in total. The van der Waals surface area contributed by atoms with Crippen molar-refractivity contribution in [3.05, 3.63) is 0 Å². The zero-order valence-corrected chi connectivity index (χ0v) is 9.06. The fourth-order valence-electron chi connectivity index (χ4n) is 1.15. The summed E-state index contributed by atoms with van der Waals surface area (Å²) < 4.78 is 5.18. The zero-order valence-electron chi connectivity index (χ0n) is 8.24. The highest BCUT2D eigenvalue weighted by atomic mass is 32.2. The van der Waals surface area contributed by atoms with Gasteiger partial charge in [0.05, 0.1) is 6.61 Å². The van der Waals surface area contributed by atoms with Crippen LogP contribution in [-0.2, 0) is 9.53 Å². The van der Waals surface area contributed by atoms with E-state index in [0.29, 0.717) is 17.8 Å². The van der Waals surface area contributed by atoms with Gasteiger partial charge in [-0.15, -0.1) is 0 Å². The average molecular weight is 201 g/mol. The smallest absolute Gasteiger partial charge is 0.254 e. The first-order chi connectivity index (χ1) is 6.13. The van der Waals surface area contributed by atoms with Crippen LogP contribution in [0.15, 0.2) is 4.99 Å². The van der Waals surface area contributed by atoms with Gasteiger partial charge in [0, 0.05) is 11.8 Å². The van der Waals surface area contributed by atoms with Crippen molar-refractivity contribution in [1.29, 1.82) is 0 Å². The molecular weight excluding hydrogens is 186 g/mol. The summed E-state index contributed by atoms with van der Waals surface area (Å²) >= 11 is 1.13. The van der Waals surface area contributed by atoms with Gasteiger partial charge >= 0.3 is 0 Å². The Morgan fingerprint density at radius 2 is 2.31 bits per heavy atom. The number of carbonyl (C=O) groups is 1. The predicted molar refractivity (Wildman–Crippen MR) is 54.9 cm³/mol. The third kappa shape index (κ3) is 3.03. The van der Waals surface area contributed by atoms with Crippen molar-refractivity contribution in [1.82, 2.24) is 0 Å². The molecule has 1 aliphatic rings. The van der Waals surface area contributed by atoms with Crippen molar-refractivity contribution >= 4 is 22.1 Å². The second-order valence-electron chi connectivity index (χ2n) is 3.39. The average Bonchev–Trinajstić information content (AvgIpc) is 2.31. The van der Waals surface area contributed by atoms with Crippen molar-refractivity contribution in [2.45, 2.75) is 33.2 Å². The molecule has 3 nitrogen and oxygen atoms in total. The lowest BCUT2D eigenvalue weighted by Crippen LogP contribution is -2.13. The van der Waals surface area contributed by atoms with E-state index in [1.165, 1.54) is 0 Å². The quantitative estimate of drug-likeness (QED) is 0.701. The summed E-state index contributed by atoms with van der Waals surface area (Å²) in [5.74, 6) is 0.499. The SMILES string of the molecule is CCOC1=NC(CC(C)C)C(=O)S1. The van der Waals surface area contributed by atoms with Gasteiger partial charge in [-0.1, -0.05) is 13.8 Å². The van der Waals surface area contributed by atoms with Gasteiger partial charge in [0.2, 0.25) is 5.12 Å². The van der Waals surface area contributed by atoms with Crippen LogP contribution >= 0.6 is 11.8 Å². The summed E-state index contributed by atoms with van der Waals surface area (Å²) in [5.41, 5.74) is 0.